The average Bonchev–Trinajstić information content (AvgIpc) is 2.57. The number of rotatable bonds is 6. The van der Waals surface area contributed by atoms with E-state index in [-0.39, 0.29) is 18.2 Å². The summed E-state index contributed by atoms with van der Waals surface area (Å²) in [6.07, 6.45) is 3.58. The molecule has 2 rings (SSSR count). The van der Waals surface area contributed by atoms with Crippen LogP contribution in [0.4, 0.5) is 5.69 Å². The summed E-state index contributed by atoms with van der Waals surface area (Å²) >= 11 is 6.02. The lowest BCUT2D eigenvalue weighted by Crippen LogP contribution is -2.34. The van der Waals surface area contributed by atoms with Crippen molar-refractivity contribution in [3.8, 4) is 0 Å². The monoisotopic (exact) mass is 345 g/mol. The van der Waals surface area contributed by atoms with Crippen LogP contribution in [0.2, 0.25) is 5.02 Å². The maximum Gasteiger partial charge on any atom is 0.223 e. The van der Waals surface area contributed by atoms with Gasteiger partial charge in [-0.3, -0.25) is 14.6 Å². The second kappa shape index (κ2) is 8.45. The molecule has 0 spiro atoms. The van der Waals surface area contributed by atoms with Crippen molar-refractivity contribution in [1.29, 1.82) is 0 Å². The smallest absolute Gasteiger partial charge is 0.223 e. The molecule has 0 aliphatic heterocycles. The Labute approximate surface area is 146 Å². The van der Waals surface area contributed by atoms with Gasteiger partial charge in [-0.25, -0.2) is 0 Å². The number of aryl methyl sites for hydroxylation is 1. The zero-order valence-electron chi connectivity index (χ0n) is 13.8. The van der Waals surface area contributed by atoms with Crippen molar-refractivity contribution in [2.75, 3.05) is 11.4 Å². The Kier molecular flexibility index (Phi) is 6.32. The molecule has 1 aromatic heterocycles. The number of amides is 2. The number of benzene rings is 1. The summed E-state index contributed by atoms with van der Waals surface area (Å²) in [7, 11) is 0. The number of carbonyl (C=O) groups excluding carboxylic acids is 2. The van der Waals surface area contributed by atoms with Crippen molar-refractivity contribution in [1.82, 2.24) is 10.3 Å². The topological polar surface area (TPSA) is 62.3 Å². The van der Waals surface area contributed by atoms with E-state index in [4.69, 9.17) is 11.6 Å². The van der Waals surface area contributed by atoms with E-state index in [2.05, 4.69) is 10.3 Å². The van der Waals surface area contributed by atoms with E-state index in [0.29, 0.717) is 18.1 Å². The van der Waals surface area contributed by atoms with Crippen LogP contribution in [0.5, 0.6) is 0 Å². The fourth-order valence-electron chi connectivity index (χ4n) is 2.32. The van der Waals surface area contributed by atoms with Crippen molar-refractivity contribution in [3.63, 3.8) is 0 Å². The molecule has 6 heteroatoms. The molecule has 0 aliphatic rings. The Balaban J connectivity index is 1.95. The predicted octanol–water partition coefficient (Wildman–Crippen LogP) is 3.10. The lowest BCUT2D eigenvalue weighted by molar-refractivity contribution is -0.121. The molecule has 1 heterocycles. The number of aromatic nitrogens is 1. The molecule has 0 aliphatic carbocycles. The van der Waals surface area contributed by atoms with Crippen LogP contribution in [0.25, 0.3) is 0 Å². The lowest BCUT2D eigenvalue weighted by atomic mass is 10.1. The molecule has 5 nitrogen and oxygen atoms in total. The summed E-state index contributed by atoms with van der Waals surface area (Å²) < 4.78 is 0. The quantitative estimate of drug-likeness (QED) is 0.875. The first-order chi connectivity index (χ1) is 11.5. The van der Waals surface area contributed by atoms with E-state index in [0.717, 1.165) is 16.8 Å². The van der Waals surface area contributed by atoms with Gasteiger partial charge in [-0.15, -0.1) is 0 Å². The molecule has 0 saturated heterocycles. The lowest BCUT2D eigenvalue weighted by Gasteiger charge is -2.23. The summed E-state index contributed by atoms with van der Waals surface area (Å²) in [5.41, 5.74) is 2.65. The molecule has 0 bridgehead atoms. The minimum atomic E-state index is -0.123. The molecular formula is C18H20ClN3O2. The summed E-state index contributed by atoms with van der Waals surface area (Å²) in [4.78, 5) is 29.5. The van der Waals surface area contributed by atoms with Gasteiger partial charge in [-0.05, 0) is 42.3 Å². The van der Waals surface area contributed by atoms with E-state index in [9.17, 15) is 9.59 Å². The molecule has 0 unspecified atom stereocenters. The van der Waals surface area contributed by atoms with Gasteiger partial charge in [0.15, 0.2) is 0 Å². The van der Waals surface area contributed by atoms with Crippen LogP contribution in [-0.4, -0.2) is 23.3 Å². The number of hydrogen-bond donors (Lipinski definition) is 1. The van der Waals surface area contributed by atoms with Crippen LogP contribution in [0.1, 0.15) is 24.5 Å². The van der Waals surface area contributed by atoms with Crippen LogP contribution in [-0.2, 0) is 16.1 Å². The summed E-state index contributed by atoms with van der Waals surface area (Å²) in [6.45, 7) is 4.14. The number of nitrogens with zero attached hydrogens (tertiary/aromatic N) is 2. The normalized spacial score (nSPS) is 10.3. The van der Waals surface area contributed by atoms with E-state index >= 15 is 0 Å². The molecule has 1 N–H and O–H groups in total. The molecule has 0 atom stereocenters. The van der Waals surface area contributed by atoms with Crippen molar-refractivity contribution in [2.45, 2.75) is 26.8 Å². The standard InChI is InChI=1S/C18H20ClN3O2/c1-13-3-4-16(19)11-17(13)22(14(2)23)10-7-18(24)21-12-15-5-8-20-9-6-15/h3-6,8-9,11H,7,10,12H2,1-2H3,(H,21,24). The molecule has 126 valence electrons. The Morgan fingerprint density at radius 3 is 2.58 bits per heavy atom. The predicted molar refractivity (Wildman–Crippen MR) is 94.9 cm³/mol. The molecule has 24 heavy (non-hydrogen) atoms. The summed E-state index contributed by atoms with van der Waals surface area (Å²) in [5.74, 6) is -0.236. The molecule has 2 aromatic rings. The zero-order valence-corrected chi connectivity index (χ0v) is 14.5. The third kappa shape index (κ3) is 5.06. The highest BCUT2D eigenvalue weighted by Crippen LogP contribution is 2.24. The second-order valence-electron chi connectivity index (χ2n) is 5.48. The number of hydrogen-bond acceptors (Lipinski definition) is 3. The zero-order chi connectivity index (χ0) is 17.5. The van der Waals surface area contributed by atoms with Crippen LogP contribution >= 0.6 is 11.6 Å². The first kappa shape index (κ1) is 17.9. The average molecular weight is 346 g/mol. The van der Waals surface area contributed by atoms with Gasteiger partial charge in [0.25, 0.3) is 0 Å². The molecular weight excluding hydrogens is 326 g/mol. The van der Waals surface area contributed by atoms with Gasteiger partial charge in [-0.1, -0.05) is 17.7 Å². The maximum atomic E-state index is 12.0. The number of carbonyl (C=O) groups is 2. The second-order valence-corrected chi connectivity index (χ2v) is 5.92. The first-order valence-corrected chi connectivity index (χ1v) is 8.05. The van der Waals surface area contributed by atoms with Gasteiger partial charge in [0.2, 0.25) is 11.8 Å². The number of anilines is 1. The van der Waals surface area contributed by atoms with Crippen molar-refractivity contribution < 1.29 is 9.59 Å². The Morgan fingerprint density at radius 2 is 1.92 bits per heavy atom. The first-order valence-electron chi connectivity index (χ1n) is 7.67. The van der Waals surface area contributed by atoms with Gasteiger partial charge in [0, 0.05) is 49.5 Å². The summed E-state index contributed by atoms with van der Waals surface area (Å²) in [6, 6.07) is 9.07. The molecule has 0 radical (unpaired) electrons. The number of nitrogens with one attached hydrogen (secondary N) is 1. The fraction of sp³-hybridized carbons (Fsp3) is 0.278. The third-order valence-corrected chi connectivity index (χ3v) is 3.88. The Morgan fingerprint density at radius 1 is 1.21 bits per heavy atom. The van der Waals surface area contributed by atoms with Crippen molar-refractivity contribution in [2.24, 2.45) is 0 Å². The van der Waals surface area contributed by atoms with Gasteiger partial charge in [0.1, 0.15) is 0 Å². The third-order valence-electron chi connectivity index (χ3n) is 3.64. The van der Waals surface area contributed by atoms with Crippen LogP contribution in [0, 0.1) is 6.92 Å². The SMILES string of the molecule is CC(=O)N(CCC(=O)NCc1ccncc1)c1cc(Cl)ccc1C. The van der Waals surface area contributed by atoms with Gasteiger partial charge >= 0.3 is 0 Å². The van der Waals surface area contributed by atoms with Crippen molar-refractivity contribution >= 4 is 29.1 Å². The highest BCUT2D eigenvalue weighted by Gasteiger charge is 2.15. The minimum Gasteiger partial charge on any atom is -0.352 e. The van der Waals surface area contributed by atoms with E-state index in [1.165, 1.54) is 6.92 Å². The van der Waals surface area contributed by atoms with Crippen molar-refractivity contribution in [3.05, 3.63) is 58.9 Å². The molecule has 0 fully saturated rings. The highest BCUT2D eigenvalue weighted by molar-refractivity contribution is 6.31. The Hall–Kier alpha value is -2.40. The Bertz CT molecular complexity index is 719. The van der Waals surface area contributed by atoms with E-state index in [1.54, 1.807) is 29.4 Å². The largest absolute Gasteiger partial charge is 0.352 e. The number of pyridine rings is 1. The molecule has 2 amide bonds. The van der Waals surface area contributed by atoms with Crippen LogP contribution in [0.15, 0.2) is 42.7 Å². The summed E-state index contributed by atoms with van der Waals surface area (Å²) in [5, 5.41) is 3.40. The molecule has 0 saturated carbocycles. The molecule has 1 aromatic carbocycles. The van der Waals surface area contributed by atoms with E-state index < -0.39 is 0 Å². The van der Waals surface area contributed by atoms with E-state index in [1.807, 2.05) is 25.1 Å². The van der Waals surface area contributed by atoms with Crippen LogP contribution < -0.4 is 10.2 Å². The van der Waals surface area contributed by atoms with Gasteiger partial charge in [-0.2, -0.15) is 0 Å². The highest BCUT2D eigenvalue weighted by atomic mass is 35.5. The van der Waals surface area contributed by atoms with Gasteiger partial charge < -0.3 is 10.2 Å². The van der Waals surface area contributed by atoms with Crippen LogP contribution in [0.3, 0.4) is 0 Å². The maximum absolute atomic E-state index is 12.0. The number of halogens is 1. The fourth-order valence-corrected chi connectivity index (χ4v) is 2.49. The van der Waals surface area contributed by atoms with Gasteiger partial charge in [0.05, 0.1) is 0 Å². The minimum absolute atomic E-state index is 0.113.